The van der Waals surface area contributed by atoms with Crippen LogP contribution in [-0.4, -0.2) is 24.0 Å². The monoisotopic (exact) mass is 256 g/mol. The first-order valence-corrected chi connectivity index (χ1v) is 6.72. The topological polar surface area (TPSA) is 43.4 Å². The van der Waals surface area contributed by atoms with Gasteiger partial charge in [0, 0.05) is 5.92 Å². The summed E-state index contributed by atoms with van der Waals surface area (Å²) in [6, 6.07) is 0. The van der Waals surface area contributed by atoms with Gasteiger partial charge in [0.05, 0.1) is 5.92 Å². The Morgan fingerprint density at radius 1 is 1.28 bits per heavy atom. The third-order valence-corrected chi connectivity index (χ3v) is 4.12. The molecule has 0 heterocycles. The van der Waals surface area contributed by atoms with E-state index in [4.69, 9.17) is 4.74 Å². The van der Waals surface area contributed by atoms with Gasteiger partial charge in [0.15, 0.2) is 12.0 Å². The van der Waals surface area contributed by atoms with Crippen molar-refractivity contribution >= 4 is 11.8 Å². The molecule has 4 atom stereocenters. The van der Waals surface area contributed by atoms with Crippen molar-refractivity contribution in [3.63, 3.8) is 0 Å². The number of carbonyl (C=O) groups is 2. The van der Waals surface area contributed by atoms with Crippen molar-refractivity contribution in [1.29, 1.82) is 0 Å². The fourth-order valence-electron chi connectivity index (χ4n) is 3.20. The molecule has 2 rings (SSSR count). The van der Waals surface area contributed by atoms with Gasteiger partial charge in [-0.1, -0.05) is 27.7 Å². The molecular weight excluding hydrogens is 235 g/mol. The summed E-state index contributed by atoms with van der Waals surface area (Å²) in [5, 5.41) is 0. The molecule has 0 N–H and O–H groups in total. The standard InChI is InChI=1S/C14H21FO3/c1-6(2)13(7(3)4)18-14(17)11-8-5-9(15)12(16)10(8)11/h6-11,13H,5H2,1-4H3/t8-,9+,10+,11+/m1/s1. The second kappa shape index (κ2) is 4.63. The van der Waals surface area contributed by atoms with Crippen molar-refractivity contribution in [3.05, 3.63) is 0 Å². The molecule has 0 aromatic carbocycles. The van der Waals surface area contributed by atoms with Crippen LogP contribution >= 0.6 is 0 Å². The molecule has 0 radical (unpaired) electrons. The first-order chi connectivity index (χ1) is 8.34. The van der Waals surface area contributed by atoms with Crippen LogP contribution in [0.5, 0.6) is 0 Å². The molecule has 0 aromatic heterocycles. The second-order valence-corrected chi connectivity index (χ2v) is 6.21. The molecule has 2 aliphatic carbocycles. The van der Waals surface area contributed by atoms with E-state index in [0.29, 0.717) is 0 Å². The molecule has 4 heteroatoms. The molecule has 3 nitrogen and oxygen atoms in total. The molecule has 0 unspecified atom stereocenters. The summed E-state index contributed by atoms with van der Waals surface area (Å²) in [6.45, 7) is 8.03. The highest BCUT2D eigenvalue weighted by Crippen LogP contribution is 2.56. The Morgan fingerprint density at radius 3 is 2.22 bits per heavy atom. The predicted molar refractivity (Wildman–Crippen MR) is 64.5 cm³/mol. The first-order valence-electron chi connectivity index (χ1n) is 6.72. The van der Waals surface area contributed by atoms with Gasteiger partial charge < -0.3 is 4.74 Å². The van der Waals surface area contributed by atoms with E-state index in [1.165, 1.54) is 0 Å². The van der Waals surface area contributed by atoms with Crippen LogP contribution in [0.4, 0.5) is 4.39 Å². The van der Waals surface area contributed by atoms with E-state index in [1.54, 1.807) is 0 Å². The summed E-state index contributed by atoms with van der Waals surface area (Å²) >= 11 is 0. The van der Waals surface area contributed by atoms with Crippen molar-refractivity contribution in [2.24, 2.45) is 29.6 Å². The van der Waals surface area contributed by atoms with Crippen LogP contribution in [0.3, 0.4) is 0 Å². The van der Waals surface area contributed by atoms with Gasteiger partial charge in [0.1, 0.15) is 6.10 Å². The number of Topliss-reactive ketones (excluding diaryl/α,β-unsaturated/α-hetero) is 1. The molecule has 2 saturated carbocycles. The molecule has 2 aliphatic rings. The van der Waals surface area contributed by atoms with Crippen molar-refractivity contribution in [2.75, 3.05) is 0 Å². The number of ether oxygens (including phenoxy) is 1. The molecule has 0 amide bonds. The molecule has 0 aromatic rings. The zero-order valence-electron chi connectivity index (χ0n) is 11.4. The minimum atomic E-state index is -1.35. The summed E-state index contributed by atoms with van der Waals surface area (Å²) in [7, 11) is 0. The van der Waals surface area contributed by atoms with E-state index in [2.05, 4.69) is 0 Å². The van der Waals surface area contributed by atoms with E-state index in [0.717, 1.165) is 0 Å². The lowest BCUT2D eigenvalue weighted by molar-refractivity contribution is -0.157. The minimum Gasteiger partial charge on any atom is -0.462 e. The largest absolute Gasteiger partial charge is 0.462 e. The third-order valence-electron chi connectivity index (χ3n) is 4.12. The van der Waals surface area contributed by atoms with E-state index >= 15 is 0 Å². The Hall–Kier alpha value is -0.930. The second-order valence-electron chi connectivity index (χ2n) is 6.21. The summed E-state index contributed by atoms with van der Waals surface area (Å²) in [4.78, 5) is 23.4. The van der Waals surface area contributed by atoms with E-state index in [-0.39, 0.29) is 42.2 Å². The molecule has 0 saturated heterocycles. The highest BCUT2D eigenvalue weighted by molar-refractivity contribution is 5.97. The van der Waals surface area contributed by atoms with Crippen molar-refractivity contribution in [2.45, 2.75) is 46.4 Å². The lowest BCUT2D eigenvalue weighted by Gasteiger charge is -2.25. The molecule has 2 fully saturated rings. The van der Waals surface area contributed by atoms with Crippen LogP contribution in [0.25, 0.3) is 0 Å². The predicted octanol–water partition coefficient (Wildman–Crippen LogP) is 2.38. The average molecular weight is 256 g/mol. The van der Waals surface area contributed by atoms with Gasteiger partial charge >= 0.3 is 5.97 Å². The van der Waals surface area contributed by atoms with Gasteiger partial charge in [-0.3, -0.25) is 9.59 Å². The fraction of sp³-hybridized carbons (Fsp3) is 0.857. The number of carbonyl (C=O) groups excluding carboxylic acids is 2. The molecular formula is C14H21FO3. The molecule has 0 aliphatic heterocycles. The van der Waals surface area contributed by atoms with Gasteiger partial charge in [-0.25, -0.2) is 4.39 Å². The highest BCUT2D eigenvalue weighted by atomic mass is 19.1. The summed E-state index contributed by atoms with van der Waals surface area (Å²) in [5.74, 6) is -1.07. The third kappa shape index (κ3) is 2.17. The van der Waals surface area contributed by atoms with E-state index in [1.807, 2.05) is 27.7 Å². The van der Waals surface area contributed by atoms with Crippen LogP contribution in [0.15, 0.2) is 0 Å². The number of hydrogen-bond acceptors (Lipinski definition) is 3. The quantitative estimate of drug-likeness (QED) is 0.725. The molecule has 0 spiro atoms. The van der Waals surface area contributed by atoms with Crippen LogP contribution in [0.2, 0.25) is 0 Å². The van der Waals surface area contributed by atoms with Crippen LogP contribution in [-0.2, 0) is 14.3 Å². The van der Waals surface area contributed by atoms with Gasteiger partial charge in [-0.05, 0) is 24.2 Å². The zero-order valence-corrected chi connectivity index (χ0v) is 11.4. The van der Waals surface area contributed by atoms with Crippen LogP contribution < -0.4 is 0 Å². The van der Waals surface area contributed by atoms with Gasteiger partial charge in [0.25, 0.3) is 0 Å². The lowest BCUT2D eigenvalue weighted by Crippen LogP contribution is -2.31. The average Bonchev–Trinajstić information content (AvgIpc) is 2.89. The minimum absolute atomic E-state index is 0.0972. The van der Waals surface area contributed by atoms with Crippen molar-refractivity contribution in [1.82, 2.24) is 0 Å². The Balaban J connectivity index is 1.93. The van der Waals surface area contributed by atoms with Crippen LogP contribution in [0.1, 0.15) is 34.1 Å². The lowest BCUT2D eigenvalue weighted by atomic mass is 9.96. The maximum atomic E-state index is 13.1. The first kappa shape index (κ1) is 13.5. The maximum absolute atomic E-state index is 13.1. The van der Waals surface area contributed by atoms with Crippen molar-refractivity contribution < 1.29 is 18.7 Å². The number of esters is 1. The van der Waals surface area contributed by atoms with Gasteiger partial charge in [0.2, 0.25) is 0 Å². The summed E-state index contributed by atoms with van der Waals surface area (Å²) in [6.07, 6.45) is -1.28. The van der Waals surface area contributed by atoms with Crippen molar-refractivity contribution in [3.8, 4) is 0 Å². The molecule has 18 heavy (non-hydrogen) atoms. The normalized spacial score (nSPS) is 34.3. The number of alkyl halides is 1. The number of rotatable bonds is 4. The van der Waals surface area contributed by atoms with E-state index < -0.39 is 17.9 Å². The number of fused-ring (bicyclic) bond motifs is 1. The Bertz CT molecular complexity index is 356. The fourth-order valence-corrected chi connectivity index (χ4v) is 3.20. The zero-order chi connectivity index (χ0) is 13.6. The van der Waals surface area contributed by atoms with Gasteiger partial charge in [-0.15, -0.1) is 0 Å². The number of ketones is 1. The molecule has 0 bridgehead atoms. The summed E-state index contributed by atoms with van der Waals surface area (Å²) < 4.78 is 18.6. The highest BCUT2D eigenvalue weighted by Gasteiger charge is 2.66. The smallest absolute Gasteiger partial charge is 0.310 e. The summed E-state index contributed by atoms with van der Waals surface area (Å²) in [5.41, 5.74) is 0. The SMILES string of the molecule is CC(C)C(OC(=O)[C@H]1[C@@H]2C[C@H](F)C(=O)[C@@H]21)C(C)C. The van der Waals surface area contributed by atoms with E-state index in [9.17, 15) is 14.0 Å². The Kier molecular flexibility index (Phi) is 3.47. The Morgan fingerprint density at radius 2 is 1.83 bits per heavy atom. The molecule has 102 valence electrons. The maximum Gasteiger partial charge on any atom is 0.310 e. The van der Waals surface area contributed by atoms with Crippen LogP contribution in [0, 0.1) is 29.6 Å². The number of hydrogen-bond donors (Lipinski definition) is 0. The number of halogens is 1. The van der Waals surface area contributed by atoms with Gasteiger partial charge in [-0.2, -0.15) is 0 Å². The Labute approximate surface area is 107 Å².